The van der Waals surface area contributed by atoms with Gasteiger partial charge in [0, 0.05) is 0 Å². The van der Waals surface area contributed by atoms with E-state index >= 15 is 0 Å². The number of ether oxygens (including phenoxy) is 1. The molecule has 33 heavy (non-hydrogen) atoms. The topological polar surface area (TPSA) is 104 Å². The van der Waals surface area contributed by atoms with Gasteiger partial charge in [0.25, 0.3) is 0 Å². The zero-order valence-electron chi connectivity index (χ0n) is 16.6. The van der Waals surface area contributed by atoms with Crippen molar-refractivity contribution >= 4 is 54.5 Å². The molecule has 0 bridgehead atoms. The van der Waals surface area contributed by atoms with Crippen LogP contribution in [0.4, 0.5) is 13.2 Å². The Morgan fingerprint density at radius 3 is 2.24 bits per heavy atom. The Balaban J connectivity index is 1.69. The number of carbonyl (C=O) groups excluding carboxylic acids is 1. The molecule has 6 nitrogen and oxygen atoms in total. The van der Waals surface area contributed by atoms with E-state index < -0.39 is 39.7 Å². The summed E-state index contributed by atoms with van der Waals surface area (Å²) in [5.41, 5.74) is -0.137. The molecule has 4 aromatic rings. The molecule has 0 aromatic heterocycles. The van der Waals surface area contributed by atoms with Crippen LogP contribution in [-0.2, 0) is 19.6 Å². The average molecular weight is 473 g/mol. The molecule has 0 fully saturated rings. The van der Waals surface area contributed by atoms with Gasteiger partial charge < -0.3 is 4.74 Å². The minimum atomic E-state index is -6.05. The van der Waals surface area contributed by atoms with Crippen LogP contribution < -0.4 is 0 Å². The van der Waals surface area contributed by atoms with Gasteiger partial charge in [-0.25, -0.2) is 9.18 Å². The van der Waals surface area contributed by atoms with Crippen LogP contribution in [0.3, 0.4) is 0 Å². The van der Waals surface area contributed by atoms with E-state index in [4.69, 9.17) is 4.55 Å². The number of hydrogen-bond donors (Lipinski definition) is 1. The summed E-state index contributed by atoms with van der Waals surface area (Å²) in [6.45, 7) is -1.68. The number of halogens is 3. The standard InChI is InChI=1S/C23H14F3NO5S/c24-19(23(25,26)33(29,30)31)12-32-22(28)17(11-27)10-16-7-6-15-5-4-13-2-1-3-14-8-9-18(16)21(15)20(13)14/h1-10,19H,12H2,(H,29,30,31)/b17-10-. The van der Waals surface area contributed by atoms with Crippen molar-refractivity contribution in [2.24, 2.45) is 0 Å². The van der Waals surface area contributed by atoms with Crippen LogP contribution in [0.25, 0.3) is 38.4 Å². The fourth-order valence-electron chi connectivity index (χ4n) is 3.66. The summed E-state index contributed by atoms with van der Waals surface area (Å²) in [6, 6.07) is 18.5. The first kappa shape index (κ1) is 22.5. The molecule has 0 heterocycles. The van der Waals surface area contributed by atoms with Crippen molar-refractivity contribution in [1.29, 1.82) is 5.26 Å². The highest BCUT2D eigenvalue weighted by Gasteiger charge is 2.53. The zero-order valence-corrected chi connectivity index (χ0v) is 17.4. The summed E-state index contributed by atoms with van der Waals surface area (Å²) in [6.07, 6.45) is -2.34. The van der Waals surface area contributed by atoms with Crippen LogP contribution in [0.15, 0.2) is 60.2 Å². The average Bonchev–Trinajstić information content (AvgIpc) is 2.78. The summed E-state index contributed by atoms with van der Waals surface area (Å²) in [4.78, 5) is 12.2. The molecule has 1 N–H and O–H groups in total. The van der Waals surface area contributed by atoms with E-state index in [0.29, 0.717) is 5.56 Å². The van der Waals surface area contributed by atoms with Crippen molar-refractivity contribution in [3.8, 4) is 6.07 Å². The van der Waals surface area contributed by atoms with E-state index in [1.165, 1.54) is 6.08 Å². The maximum absolute atomic E-state index is 13.6. The number of rotatable bonds is 6. The summed E-state index contributed by atoms with van der Waals surface area (Å²) >= 11 is 0. The first-order chi connectivity index (χ1) is 15.5. The third kappa shape index (κ3) is 3.86. The molecular weight excluding hydrogens is 459 g/mol. The van der Waals surface area contributed by atoms with Gasteiger partial charge in [-0.1, -0.05) is 54.6 Å². The Kier molecular flexibility index (Phi) is 5.47. The van der Waals surface area contributed by atoms with Crippen molar-refractivity contribution < 1.29 is 35.7 Å². The predicted octanol–water partition coefficient (Wildman–Crippen LogP) is 4.85. The fourth-order valence-corrected chi connectivity index (χ4v) is 4.05. The summed E-state index contributed by atoms with van der Waals surface area (Å²) in [5, 5.41) is 9.74. The molecule has 0 radical (unpaired) electrons. The highest BCUT2D eigenvalue weighted by atomic mass is 32.2. The number of nitriles is 1. The number of hydrogen-bond acceptors (Lipinski definition) is 5. The molecule has 4 aromatic carbocycles. The molecule has 0 amide bonds. The van der Waals surface area contributed by atoms with Gasteiger partial charge in [-0.2, -0.15) is 22.5 Å². The first-order valence-electron chi connectivity index (χ1n) is 9.49. The van der Waals surface area contributed by atoms with Gasteiger partial charge in [0.1, 0.15) is 18.2 Å². The lowest BCUT2D eigenvalue weighted by molar-refractivity contribution is -0.143. The van der Waals surface area contributed by atoms with Crippen LogP contribution in [-0.4, -0.2) is 37.0 Å². The van der Waals surface area contributed by atoms with Crippen LogP contribution in [0.5, 0.6) is 0 Å². The monoisotopic (exact) mass is 473 g/mol. The van der Waals surface area contributed by atoms with Gasteiger partial charge in [-0.05, 0) is 44.0 Å². The molecule has 0 saturated carbocycles. The van der Waals surface area contributed by atoms with Gasteiger partial charge in [-0.3, -0.25) is 4.55 Å². The minimum absolute atomic E-state index is 0.467. The lowest BCUT2D eigenvalue weighted by Crippen LogP contribution is -2.41. The van der Waals surface area contributed by atoms with Crippen LogP contribution in [0.2, 0.25) is 0 Å². The van der Waals surface area contributed by atoms with Crippen molar-refractivity contribution in [1.82, 2.24) is 0 Å². The highest BCUT2D eigenvalue weighted by Crippen LogP contribution is 2.36. The molecule has 0 aliphatic rings. The molecule has 1 atom stereocenters. The number of alkyl halides is 3. The van der Waals surface area contributed by atoms with Crippen molar-refractivity contribution in [3.05, 3.63) is 65.7 Å². The predicted molar refractivity (Wildman–Crippen MR) is 116 cm³/mol. The van der Waals surface area contributed by atoms with Crippen LogP contribution in [0.1, 0.15) is 5.56 Å². The summed E-state index contributed by atoms with van der Waals surface area (Å²) < 4.78 is 74.2. The minimum Gasteiger partial charge on any atom is -0.458 e. The lowest BCUT2D eigenvalue weighted by atomic mass is 9.91. The van der Waals surface area contributed by atoms with Gasteiger partial charge in [0.05, 0.1) is 0 Å². The molecule has 168 valence electrons. The third-order valence-corrected chi connectivity index (χ3v) is 6.22. The zero-order chi connectivity index (χ0) is 24.0. The maximum Gasteiger partial charge on any atom is 0.403 e. The van der Waals surface area contributed by atoms with E-state index in [1.807, 2.05) is 42.5 Å². The third-order valence-electron chi connectivity index (χ3n) is 5.27. The molecule has 0 aliphatic heterocycles. The maximum atomic E-state index is 13.6. The smallest absolute Gasteiger partial charge is 0.403 e. The van der Waals surface area contributed by atoms with Gasteiger partial charge >= 0.3 is 21.3 Å². The van der Waals surface area contributed by atoms with Gasteiger partial charge in [0.15, 0.2) is 0 Å². The molecule has 10 heteroatoms. The normalized spacial score (nSPS) is 14.0. The molecule has 0 saturated heterocycles. The Morgan fingerprint density at radius 1 is 1.06 bits per heavy atom. The molecular formula is C23H14F3NO5S. The first-order valence-corrected chi connectivity index (χ1v) is 10.9. The Bertz CT molecular complexity index is 1560. The Morgan fingerprint density at radius 2 is 1.64 bits per heavy atom. The summed E-state index contributed by atoms with van der Waals surface area (Å²) in [7, 11) is -6.05. The van der Waals surface area contributed by atoms with E-state index in [9.17, 15) is 31.6 Å². The van der Waals surface area contributed by atoms with Crippen LogP contribution in [0, 0.1) is 11.3 Å². The highest BCUT2D eigenvalue weighted by molar-refractivity contribution is 7.86. The van der Waals surface area contributed by atoms with E-state index in [2.05, 4.69) is 4.74 Å². The largest absolute Gasteiger partial charge is 0.458 e. The second-order valence-corrected chi connectivity index (χ2v) is 8.78. The van der Waals surface area contributed by atoms with Crippen molar-refractivity contribution in [3.63, 3.8) is 0 Å². The number of esters is 1. The van der Waals surface area contributed by atoms with Crippen molar-refractivity contribution in [2.75, 3.05) is 6.61 Å². The molecule has 0 aliphatic carbocycles. The second-order valence-electron chi connectivity index (χ2n) is 7.28. The van der Waals surface area contributed by atoms with Crippen LogP contribution >= 0.6 is 0 Å². The van der Waals surface area contributed by atoms with E-state index in [1.54, 1.807) is 18.2 Å². The number of nitrogens with zero attached hydrogens (tertiary/aromatic N) is 1. The Labute approximate surface area is 185 Å². The fraction of sp³-hybridized carbons (Fsp3) is 0.130. The van der Waals surface area contributed by atoms with Crippen molar-refractivity contribution in [2.45, 2.75) is 11.4 Å². The lowest BCUT2D eigenvalue weighted by Gasteiger charge is -2.17. The number of benzene rings is 4. The Hall–Kier alpha value is -3.68. The quantitative estimate of drug-likeness (QED) is 0.141. The second kappa shape index (κ2) is 8.03. The van der Waals surface area contributed by atoms with Gasteiger partial charge in [-0.15, -0.1) is 0 Å². The molecule has 4 rings (SSSR count). The van der Waals surface area contributed by atoms with E-state index in [-0.39, 0.29) is 0 Å². The van der Waals surface area contributed by atoms with Gasteiger partial charge in [0.2, 0.25) is 6.17 Å². The molecule has 1 unspecified atom stereocenters. The van der Waals surface area contributed by atoms with E-state index in [0.717, 1.165) is 32.3 Å². The number of carbonyl (C=O) groups is 1. The summed E-state index contributed by atoms with van der Waals surface area (Å²) in [5.74, 6) is -1.42. The SMILES string of the molecule is N#C/C(=C/c1ccc2ccc3cccc4ccc1c2c34)C(=O)OCC(F)C(F)(F)S(=O)(=O)O. The molecule has 0 spiro atoms.